The first kappa shape index (κ1) is 15.9. The Labute approximate surface area is 137 Å². The Balaban J connectivity index is 2.05. The molecule has 1 aromatic heterocycles. The van der Waals surface area contributed by atoms with E-state index in [2.05, 4.69) is 17.6 Å². The number of amides is 1. The Morgan fingerprint density at radius 1 is 1.30 bits per heavy atom. The third-order valence-electron chi connectivity index (χ3n) is 5.18. The van der Waals surface area contributed by atoms with Crippen LogP contribution in [0.1, 0.15) is 43.4 Å². The van der Waals surface area contributed by atoms with Crippen molar-refractivity contribution in [1.82, 2.24) is 4.57 Å². The second kappa shape index (κ2) is 6.65. The third-order valence-corrected chi connectivity index (χ3v) is 5.18. The molecule has 0 aliphatic heterocycles. The number of methoxy groups -OCH3 is 1. The van der Waals surface area contributed by atoms with Gasteiger partial charge in [-0.2, -0.15) is 0 Å². The number of nitrogens with two attached hydrogens (primary N) is 1. The van der Waals surface area contributed by atoms with E-state index in [1.807, 2.05) is 12.1 Å². The first-order valence-corrected chi connectivity index (χ1v) is 8.54. The van der Waals surface area contributed by atoms with E-state index in [9.17, 15) is 4.79 Å². The highest BCUT2D eigenvalue weighted by atomic mass is 16.5. The molecule has 0 spiro atoms. The maximum atomic E-state index is 11.5. The van der Waals surface area contributed by atoms with E-state index in [4.69, 9.17) is 10.5 Å². The van der Waals surface area contributed by atoms with Gasteiger partial charge >= 0.3 is 0 Å². The Morgan fingerprint density at radius 2 is 2.04 bits per heavy atom. The summed E-state index contributed by atoms with van der Waals surface area (Å²) in [6.45, 7) is 3.14. The average Bonchev–Trinajstić information content (AvgIpc) is 2.80. The lowest BCUT2D eigenvalue weighted by Gasteiger charge is -2.23. The summed E-state index contributed by atoms with van der Waals surface area (Å²) in [4.78, 5) is 11.5. The summed E-state index contributed by atoms with van der Waals surface area (Å²) in [5, 5.41) is 1.09. The molecular weight excluding hydrogens is 288 g/mol. The number of rotatable bonds is 5. The van der Waals surface area contributed by atoms with Crippen molar-refractivity contribution in [3.05, 3.63) is 29.5 Å². The molecule has 0 atom stereocenters. The molecule has 1 saturated carbocycles. The van der Waals surface area contributed by atoms with Crippen molar-refractivity contribution in [3.8, 4) is 5.75 Å². The monoisotopic (exact) mass is 314 g/mol. The highest BCUT2D eigenvalue weighted by molar-refractivity contribution is 5.91. The van der Waals surface area contributed by atoms with Gasteiger partial charge in [-0.3, -0.25) is 4.79 Å². The molecule has 0 saturated heterocycles. The molecule has 2 aromatic rings. The number of hydrogen-bond donors (Lipinski definition) is 1. The number of ether oxygens (including phenoxy) is 1. The molecule has 0 radical (unpaired) electrons. The lowest BCUT2D eigenvalue weighted by Crippen LogP contribution is -2.16. The van der Waals surface area contributed by atoms with E-state index in [1.165, 1.54) is 37.6 Å². The van der Waals surface area contributed by atoms with Gasteiger partial charge in [0.15, 0.2) is 0 Å². The van der Waals surface area contributed by atoms with Crippen molar-refractivity contribution in [2.75, 3.05) is 7.11 Å². The van der Waals surface area contributed by atoms with E-state index in [1.54, 1.807) is 7.11 Å². The topological polar surface area (TPSA) is 57.2 Å². The van der Waals surface area contributed by atoms with Gasteiger partial charge in [0.25, 0.3) is 0 Å². The molecule has 0 bridgehead atoms. The van der Waals surface area contributed by atoms with Gasteiger partial charge in [0.05, 0.1) is 13.5 Å². The summed E-state index contributed by atoms with van der Waals surface area (Å²) >= 11 is 0. The fourth-order valence-corrected chi connectivity index (χ4v) is 3.92. The van der Waals surface area contributed by atoms with Crippen LogP contribution in [0.15, 0.2) is 18.2 Å². The fourth-order valence-electron chi connectivity index (χ4n) is 3.92. The van der Waals surface area contributed by atoms with Crippen molar-refractivity contribution in [2.24, 2.45) is 11.7 Å². The van der Waals surface area contributed by atoms with Gasteiger partial charge < -0.3 is 15.0 Å². The summed E-state index contributed by atoms with van der Waals surface area (Å²) < 4.78 is 7.73. The predicted molar refractivity (Wildman–Crippen MR) is 92.7 cm³/mol. The van der Waals surface area contributed by atoms with Crippen molar-refractivity contribution in [2.45, 2.75) is 52.0 Å². The van der Waals surface area contributed by atoms with E-state index in [0.29, 0.717) is 0 Å². The number of primary amides is 1. The minimum atomic E-state index is -0.285. The highest BCUT2D eigenvalue weighted by Crippen LogP contribution is 2.33. The molecule has 0 unspecified atom stereocenters. The van der Waals surface area contributed by atoms with Crippen LogP contribution < -0.4 is 10.5 Å². The van der Waals surface area contributed by atoms with Crippen molar-refractivity contribution in [3.63, 3.8) is 0 Å². The zero-order chi connectivity index (χ0) is 16.4. The summed E-state index contributed by atoms with van der Waals surface area (Å²) in [5.74, 6) is 1.27. The molecule has 2 N–H and O–H groups in total. The predicted octanol–water partition coefficient (Wildman–Crippen LogP) is 3.57. The minimum Gasteiger partial charge on any atom is -0.497 e. The normalized spacial score (nSPS) is 15.9. The zero-order valence-corrected chi connectivity index (χ0v) is 14.1. The second-order valence-electron chi connectivity index (χ2n) is 6.70. The smallest absolute Gasteiger partial charge is 0.221 e. The molecule has 1 fully saturated rings. The number of benzene rings is 1. The SMILES string of the molecule is COc1ccc2c(c1)c(CC(N)=O)c(C)n2CC1CCCCC1. The molecule has 3 rings (SSSR count). The van der Waals surface area contributed by atoms with Crippen LogP contribution in [0.4, 0.5) is 0 Å². The largest absolute Gasteiger partial charge is 0.497 e. The summed E-state index contributed by atoms with van der Waals surface area (Å²) in [7, 11) is 1.67. The van der Waals surface area contributed by atoms with E-state index < -0.39 is 0 Å². The molecule has 1 aliphatic carbocycles. The first-order valence-electron chi connectivity index (χ1n) is 8.54. The number of carbonyl (C=O) groups is 1. The maximum absolute atomic E-state index is 11.5. The van der Waals surface area contributed by atoms with Gasteiger partial charge in [0.1, 0.15) is 5.75 Å². The van der Waals surface area contributed by atoms with Gasteiger partial charge in [-0.15, -0.1) is 0 Å². The van der Waals surface area contributed by atoms with E-state index in [-0.39, 0.29) is 12.3 Å². The summed E-state index contributed by atoms with van der Waals surface area (Å²) in [6, 6.07) is 6.12. The standard InChI is InChI=1S/C19H26N2O2/c1-13-16(11-19(20)22)17-10-15(23-2)8-9-18(17)21(13)12-14-6-4-3-5-7-14/h8-10,14H,3-7,11-12H2,1-2H3,(H2,20,22). The highest BCUT2D eigenvalue weighted by Gasteiger charge is 2.20. The molecular formula is C19H26N2O2. The third kappa shape index (κ3) is 3.21. The maximum Gasteiger partial charge on any atom is 0.221 e. The Kier molecular flexibility index (Phi) is 4.60. The number of nitrogens with zero attached hydrogens (tertiary/aromatic N) is 1. The van der Waals surface area contributed by atoms with Crippen molar-refractivity contribution < 1.29 is 9.53 Å². The summed E-state index contributed by atoms with van der Waals surface area (Å²) in [6.07, 6.45) is 6.94. The van der Waals surface area contributed by atoms with Crippen LogP contribution in [0.5, 0.6) is 5.75 Å². The number of fused-ring (bicyclic) bond motifs is 1. The molecule has 1 heterocycles. The van der Waals surface area contributed by atoms with Crippen molar-refractivity contribution in [1.29, 1.82) is 0 Å². The van der Waals surface area contributed by atoms with Crippen LogP contribution in [0, 0.1) is 12.8 Å². The zero-order valence-electron chi connectivity index (χ0n) is 14.1. The molecule has 1 aromatic carbocycles. The molecule has 1 aliphatic rings. The number of hydrogen-bond acceptors (Lipinski definition) is 2. The van der Waals surface area contributed by atoms with E-state index >= 15 is 0 Å². The van der Waals surface area contributed by atoms with Gasteiger partial charge in [0, 0.05) is 23.1 Å². The molecule has 4 nitrogen and oxygen atoms in total. The lowest BCUT2D eigenvalue weighted by molar-refractivity contribution is -0.117. The quantitative estimate of drug-likeness (QED) is 0.917. The van der Waals surface area contributed by atoms with Crippen LogP contribution in [-0.2, 0) is 17.8 Å². The van der Waals surface area contributed by atoms with Crippen molar-refractivity contribution >= 4 is 16.8 Å². The van der Waals surface area contributed by atoms with Crippen LogP contribution in [0.2, 0.25) is 0 Å². The first-order chi connectivity index (χ1) is 11.1. The molecule has 1 amide bonds. The Morgan fingerprint density at radius 3 is 2.70 bits per heavy atom. The van der Waals surface area contributed by atoms with E-state index in [0.717, 1.165) is 34.9 Å². The number of aromatic nitrogens is 1. The molecule has 124 valence electrons. The van der Waals surface area contributed by atoms with Gasteiger partial charge in [0.2, 0.25) is 5.91 Å². The Hall–Kier alpha value is -1.97. The Bertz CT molecular complexity index is 712. The van der Waals surface area contributed by atoms with Crippen LogP contribution >= 0.6 is 0 Å². The fraction of sp³-hybridized carbons (Fsp3) is 0.526. The van der Waals surface area contributed by atoms with Crippen LogP contribution in [0.25, 0.3) is 10.9 Å². The second-order valence-corrected chi connectivity index (χ2v) is 6.70. The summed E-state index contributed by atoms with van der Waals surface area (Å²) in [5.41, 5.74) is 8.86. The van der Waals surface area contributed by atoms with Crippen LogP contribution in [-0.4, -0.2) is 17.6 Å². The van der Waals surface area contributed by atoms with Gasteiger partial charge in [-0.1, -0.05) is 19.3 Å². The van der Waals surface area contributed by atoms with Crippen LogP contribution in [0.3, 0.4) is 0 Å². The number of carbonyl (C=O) groups excluding carboxylic acids is 1. The molecule has 23 heavy (non-hydrogen) atoms. The van der Waals surface area contributed by atoms with Gasteiger partial charge in [-0.05, 0) is 49.4 Å². The lowest BCUT2D eigenvalue weighted by atomic mass is 9.89. The average molecular weight is 314 g/mol. The molecule has 4 heteroatoms. The van der Waals surface area contributed by atoms with Gasteiger partial charge in [-0.25, -0.2) is 0 Å². The minimum absolute atomic E-state index is 0.285.